The Morgan fingerprint density at radius 1 is 1.19 bits per heavy atom. The lowest BCUT2D eigenvalue weighted by Gasteiger charge is -2.09. The van der Waals surface area contributed by atoms with Crippen molar-refractivity contribution >= 4 is 16.9 Å². The van der Waals surface area contributed by atoms with Gasteiger partial charge in [-0.1, -0.05) is 18.2 Å². The van der Waals surface area contributed by atoms with E-state index in [2.05, 4.69) is 20.7 Å². The monoisotopic (exact) mass is 282 g/mol. The SMILES string of the molecule is COc1ccccc1CNC(=O)c1ccc2n[nH]nc2c1. The molecule has 0 spiro atoms. The van der Waals surface area contributed by atoms with Gasteiger partial charge in [-0.05, 0) is 24.3 Å². The quantitative estimate of drug-likeness (QED) is 0.766. The third-order valence-electron chi connectivity index (χ3n) is 3.21. The highest BCUT2D eigenvalue weighted by Crippen LogP contribution is 2.17. The number of ether oxygens (including phenoxy) is 1. The second-order valence-corrected chi connectivity index (χ2v) is 4.52. The first-order chi connectivity index (χ1) is 10.3. The number of carbonyl (C=O) groups excluding carboxylic acids is 1. The summed E-state index contributed by atoms with van der Waals surface area (Å²) in [4.78, 5) is 12.2. The van der Waals surface area contributed by atoms with E-state index < -0.39 is 0 Å². The molecule has 0 aliphatic carbocycles. The van der Waals surface area contributed by atoms with Crippen molar-refractivity contribution in [3.05, 3.63) is 53.6 Å². The second-order valence-electron chi connectivity index (χ2n) is 4.52. The average molecular weight is 282 g/mol. The predicted octanol–water partition coefficient (Wildman–Crippen LogP) is 1.90. The topological polar surface area (TPSA) is 79.9 Å². The number of carbonyl (C=O) groups is 1. The minimum absolute atomic E-state index is 0.161. The van der Waals surface area contributed by atoms with E-state index in [0.29, 0.717) is 17.6 Å². The Labute approximate surface area is 121 Å². The maximum atomic E-state index is 12.2. The van der Waals surface area contributed by atoms with Crippen LogP contribution in [-0.2, 0) is 6.54 Å². The van der Waals surface area contributed by atoms with Gasteiger partial charge >= 0.3 is 0 Å². The van der Waals surface area contributed by atoms with Crippen LogP contribution in [0.15, 0.2) is 42.5 Å². The minimum atomic E-state index is -0.161. The average Bonchev–Trinajstić information content (AvgIpc) is 3.00. The van der Waals surface area contributed by atoms with Crippen LogP contribution in [-0.4, -0.2) is 28.4 Å². The van der Waals surface area contributed by atoms with E-state index in [4.69, 9.17) is 4.74 Å². The molecular formula is C15H14N4O2. The number of H-pyrrole nitrogens is 1. The van der Waals surface area contributed by atoms with Crippen molar-refractivity contribution in [1.29, 1.82) is 0 Å². The van der Waals surface area contributed by atoms with E-state index in [9.17, 15) is 4.79 Å². The molecule has 0 saturated heterocycles. The van der Waals surface area contributed by atoms with Gasteiger partial charge in [0.25, 0.3) is 5.91 Å². The third-order valence-corrected chi connectivity index (χ3v) is 3.21. The third kappa shape index (κ3) is 2.69. The fourth-order valence-electron chi connectivity index (χ4n) is 2.11. The lowest BCUT2D eigenvalue weighted by Crippen LogP contribution is -2.23. The molecule has 0 fully saturated rings. The normalized spacial score (nSPS) is 10.5. The molecule has 0 aliphatic rings. The summed E-state index contributed by atoms with van der Waals surface area (Å²) in [5.41, 5.74) is 2.87. The van der Waals surface area contributed by atoms with Crippen molar-refractivity contribution in [3.8, 4) is 5.75 Å². The van der Waals surface area contributed by atoms with Crippen LogP contribution in [0.5, 0.6) is 5.75 Å². The van der Waals surface area contributed by atoms with Gasteiger partial charge in [0, 0.05) is 17.7 Å². The highest BCUT2D eigenvalue weighted by molar-refractivity contribution is 5.97. The molecule has 0 radical (unpaired) electrons. The largest absolute Gasteiger partial charge is 0.496 e. The minimum Gasteiger partial charge on any atom is -0.496 e. The van der Waals surface area contributed by atoms with E-state index in [-0.39, 0.29) is 5.91 Å². The molecule has 2 aromatic carbocycles. The van der Waals surface area contributed by atoms with Crippen LogP contribution in [0.25, 0.3) is 11.0 Å². The molecule has 6 heteroatoms. The number of rotatable bonds is 4. The molecule has 1 aromatic heterocycles. The summed E-state index contributed by atoms with van der Waals surface area (Å²) < 4.78 is 5.26. The summed E-state index contributed by atoms with van der Waals surface area (Å²) >= 11 is 0. The standard InChI is InChI=1S/C15H14N4O2/c1-21-14-5-3-2-4-11(14)9-16-15(20)10-6-7-12-13(8-10)18-19-17-12/h2-8H,9H2,1H3,(H,16,20)(H,17,18,19). The van der Waals surface area contributed by atoms with Gasteiger partial charge in [-0.25, -0.2) is 0 Å². The smallest absolute Gasteiger partial charge is 0.251 e. The number of aromatic amines is 1. The van der Waals surface area contributed by atoms with Gasteiger partial charge in [0.05, 0.1) is 7.11 Å². The molecule has 0 saturated carbocycles. The van der Waals surface area contributed by atoms with Crippen molar-refractivity contribution < 1.29 is 9.53 Å². The summed E-state index contributed by atoms with van der Waals surface area (Å²) in [5.74, 6) is 0.593. The fourth-order valence-corrected chi connectivity index (χ4v) is 2.11. The molecule has 0 unspecified atom stereocenters. The van der Waals surface area contributed by atoms with Gasteiger partial charge in [0.2, 0.25) is 0 Å². The summed E-state index contributed by atoms with van der Waals surface area (Å²) in [6, 6.07) is 12.8. The number of fused-ring (bicyclic) bond motifs is 1. The van der Waals surface area contributed by atoms with Crippen molar-refractivity contribution in [1.82, 2.24) is 20.7 Å². The van der Waals surface area contributed by atoms with Gasteiger partial charge in [0.15, 0.2) is 0 Å². The van der Waals surface area contributed by atoms with E-state index >= 15 is 0 Å². The Bertz CT molecular complexity index is 782. The van der Waals surface area contributed by atoms with Crippen molar-refractivity contribution in [3.63, 3.8) is 0 Å². The van der Waals surface area contributed by atoms with E-state index in [1.807, 2.05) is 24.3 Å². The molecule has 3 rings (SSSR count). The molecule has 21 heavy (non-hydrogen) atoms. The van der Waals surface area contributed by atoms with Gasteiger partial charge in [-0.3, -0.25) is 4.79 Å². The summed E-state index contributed by atoms with van der Waals surface area (Å²) in [5, 5.41) is 13.3. The number of hydrogen-bond acceptors (Lipinski definition) is 4. The molecule has 0 atom stereocenters. The molecule has 2 N–H and O–H groups in total. The highest BCUT2D eigenvalue weighted by atomic mass is 16.5. The predicted molar refractivity (Wildman–Crippen MR) is 78.1 cm³/mol. The summed E-state index contributed by atoms with van der Waals surface area (Å²) in [7, 11) is 1.61. The first-order valence-corrected chi connectivity index (χ1v) is 6.48. The van der Waals surface area contributed by atoms with E-state index in [0.717, 1.165) is 16.8 Å². The summed E-state index contributed by atoms with van der Waals surface area (Å²) in [6.07, 6.45) is 0. The number of nitrogens with one attached hydrogen (secondary N) is 2. The number of amides is 1. The van der Waals surface area contributed by atoms with Crippen LogP contribution in [0, 0.1) is 0 Å². The lowest BCUT2D eigenvalue weighted by molar-refractivity contribution is 0.0951. The Kier molecular flexibility index (Phi) is 3.51. The molecular weight excluding hydrogens is 268 g/mol. The van der Waals surface area contributed by atoms with E-state index in [1.54, 1.807) is 25.3 Å². The van der Waals surface area contributed by atoms with Crippen molar-refractivity contribution in [2.75, 3.05) is 7.11 Å². The van der Waals surface area contributed by atoms with Crippen LogP contribution in [0.1, 0.15) is 15.9 Å². The molecule has 3 aromatic rings. The van der Waals surface area contributed by atoms with Crippen LogP contribution < -0.4 is 10.1 Å². The lowest BCUT2D eigenvalue weighted by atomic mass is 10.1. The first kappa shape index (κ1) is 13.1. The number of para-hydroxylation sites is 1. The number of benzene rings is 2. The number of hydrogen-bond donors (Lipinski definition) is 2. The van der Waals surface area contributed by atoms with Gasteiger partial charge < -0.3 is 10.1 Å². The molecule has 106 valence electrons. The van der Waals surface area contributed by atoms with Crippen molar-refractivity contribution in [2.24, 2.45) is 0 Å². The first-order valence-electron chi connectivity index (χ1n) is 6.48. The van der Waals surface area contributed by atoms with Crippen molar-refractivity contribution in [2.45, 2.75) is 6.54 Å². The fraction of sp³-hybridized carbons (Fsp3) is 0.133. The van der Waals surface area contributed by atoms with Crippen LogP contribution in [0.4, 0.5) is 0 Å². The molecule has 0 bridgehead atoms. The van der Waals surface area contributed by atoms with Crippen LogP contribution in [0.3, 0.4) is 0 Å². The zero-order valence-corrected chi connectivity index (χ0v) is 11.5. The summed E-state index contributed by atoms with van der Waals surface area (Å²) in [6.45, 7) is 0.402. The Morgan fingerprint density at radius 2 is 2.00 bits per heavy atom. The zero-order valence-electron chi connectivity index (χ0n) is 11.5. The highest BCUT2D eigenvalue weighted by Gasteiger charge is 2.09. The van der Waals surface area contributed by atoms with Gasteiger partial charge in [-0.2, -0.15) is 15.4 Å². The molecule has 6 nitrogen and oxygen atoms in total. The Hall–Kier alpha value is -2.89. The molecule has 1 amide bonds. The van der Waals surface area contributed by atoms with E-state index in [1.165, 1.54) is 0 Å². The zero-order chi connectivity index (χ0) is 14.7. The number of aromatic nitrogens is 3. The molecule has 0 aliphatic heterocycles. The van der Waals surface area contributed by atoms with Gasteiger partial charge in [0.1, 0.15) is 16.8 Å². The maximum Gasteiger partial charge on any atom is 0.251 e. The number of methoxy groups -OCH3 is 1. The Balaban J connectivity index is 1.74. The van der Waals surface area contributed by atoms with Crippen LogP contribution >= 0.6 is 0 Å². The maximum absolute atomic E-state index is 12.2. The Morgan fingerprint density at radius 3 is 2.86 bits per heavy atom. The molecule has 1 heterocycles. The van der Waals surface area contributed by atoms with Gasteiger partial charge in [-0.15, -0.1) is 0 Å². The van der Waals surface area contributed by atoms with Crippen LogP contribution in [0.2, 0.25) is 0 Å². The number of nitrogens with zero attached hydrogens (tertiary/aromatic N) is 2. The second kappa shape index (κ2) is 5.62.